The van der Waals surface area contributed by atoms with E-state index in [2.05, 4.69) is 5.16 Å². The number of hydrogen-bond acceptors (Lipinski definition) is 6. The minimum absolute atomic E-state index is 0.0340. The summed E-state index contributed by atoms with van der Waals surface area (Å²) in [6.45, 7) is 5.33. The first-order valence-corrected chi connectivity index (χ1v) is 10.5. The van der Waals surface area contributed by atoms with Gasteiger partial charge in [-0.2, -0.15) is 0 Å². The van der Waals surface area contributed by atoms with E-state index in [-0.39, 0.29) is 30.3 Å². The van der Waals surface area contributed by atoms with Crippen LogP contribution in [0.3, 0.4) is 0 Å². The van der Waals surface area contributed by atoms with Gasteiger partial charge in [-0.3, -0.25) is 0 Å². The monoisotopic (exact) mass is 409 g/mol. The summed E-state index contributed by atoms with van der Waals surface area (Å²) >= 11 is 0. The molecule has 1 saturated carbocycles. The molecule has 2 heterocycles. The molecule has 2 aromatic carbocycles. The standard InChI is InChI=1S/C24H27NO5/c1-24(2)28-21-19-18(15-26-13-16-9-5-3-6-10-16)30-25-20(19)22(23(21)29-24)27-14-17-11-7-4-8-12-17/h3-12,18-19,21-23H,13-15H2,1-2H3/t18-,19+,21-,22+,23-/m0/s1. The van der Waals surface area contributed by atoms with E-state index in [0.717, 1.165) is 16.8 Å². The molecule has 2 aliphatic heterocycles. The van der Waals surface area contributed by atoms with Crippen LogP contribution in [0.4, 0.5) is 0 Å². The molecule has 1 saturated heterocycles. The third-order valence-electron chi connectivity index (χ3n) is 5.81. The first kappa shape index (κ1) is 19.7. The summed E-state index contributed by atoms with van der Waals surface area (Å²) in [6, 6.07) is 20.2. The van der Waals surface area contributed by atoms with E-state index < -0.39 is 5.79 Å². The van der Waals surface area contributed by atoms with Gasteiger partial charge in [-0.25, -0.2) is 0 Å². The van der Waals surface area contributed by atoms with Crippen LogP contribution in [-0.4, -0.2) is 42.5 Å². The molecule has 0 unspecified atom stereocenters. The van der Waals surface area contributed by atoms with Gasteiger partial charge in [0.1, 0.15) is 18.3 Å². The quantitative estimate of drug-likeness (QED) is 0.698. The normalized spacial score (nSPS) is 31.1. The molecule has 0 amide bonds. The molecule has 0 spiro atoms. The number of rotatable bonds is 7. The van der Waals surface area contributed by atoms with Crippen LogP contribution in [0.25, 0.3) is 0 Å². The van der Waals surface area contributed by atoms with Gasteiger partial charge in [0.05, 0.1) is 31.5 Å². The van der Waals surface area contributed by atoms with Gasteiger partial charge in [0, 0.05) is 0 Å². The maximum Gasteiger partial charge on any atom is 0.163 e. The highest BCUT2D eigenvalue weighted by Gasteiger charge is 2.62. The Labute approximate surface area is 176 Å². The van der Waals surface area contributed by atoms with Gasteiger partial charge in [-0.05, 0) is 25.0 Å². The number of nitrogens with zero attached hydrogens (tertiary/aromatic N) is 1. The number of ether oxygens (including phenoxy) is 4. The molecule has 2 fully saturated rings. The minimum atomic E-state index is -0.659. The van der Waals surface area contributed by atoms with Crippen molar-refractivity contribution in [3.05, 3.63) is 71.8 Å². The van der Waals surface area contributed by atoms with Crippen molar-refractivity contribution < 1.29 is 23.8 Å². The summed E-state index contributed by atoms with van der Waals surface area (Å²) in [5, 5.41) is 4.38. The van der Waals surface area contributed by atoms with Crippen LogP contribution < -0.4 is 0 Å². The van der Waals surface area contributed by atoms with Crippen LogP contribution in [0.5, 0.6) is 0 Å². The van der Waals surface area contributed by atoms with Crippen molar-refractivity contribution in [1.29, 1.82) is 0 Å². The van der Waals surface area contributed by atoms with Crippen LogP contribution in [0.1, 0.15) is 25.0 Å². The topological polar surface area (TPSA) is 58.5 Å². The second-order valence-electron chi connectivity index (χ2n) is 8.47. The Kier molecular flexibility index (Phi) is 5.33. The Bertz CT molecular complexity index is 885. The predicted octanol–water partition coefficient (Wildman–Crippen LogP) is 3.69. The van der Waals surface area contributed by atoms with Gasteiger partial charge in [0.25, 0.3) is 0 Å². The Morgan fingerprint density at radius 1 is 0.867 bits per heavy atom. The molecule has 6 heteroatoms. The van der Waals surface area contributed by atoms with E-state index in [9.17, 15) is 0 Å². The van der Waals surface area contributed by atoms with E-state index in [1.807, 2.05) is 74.5 Å². The maximum absolute atomic E-state index is 6.28. The Hall–Kier alpha value is -2.25. The van der Waals surface area contributed by atoms with Crippen molar-refractivity contribution in [3.8, 4) is 0 Å². The zero-order valence-electron chi connectivity index (χ0n) is 17.3. The zero-order chi connectivity index (χ0) is 20.6. The maximum atomic E-state index is 6.28. The molecule has 0 radical (unpaired) electrons. The molecule has 5 atom stereocenters. The molecule has 0 aromatic heterocycles. The van der Waals surface area contributed by atoms with Gasteiger partial charge in [0.2, 0.25) is 0 Å². The fourth-order valence-corrected chi connectivity index (χ4v) is 4.51. The zero-order valence-corrected chi connectivity index (χ0v) is 17.3. The fourth-order valence-electron chi connectivity index (χ4n) is 4.51. The Morgan fingerprint density at radius 2 is 1.50 bits per heavy atom. The van der Waals surface area contributed by atoms with Crippen LogP contribution >= 0.6 is 0 Å². The predicted molar refractivity (Wildman–Crippen MR) is 111 cm³/mol. The molecular formula is C24H27NO5. The average molecular weight is 409 g/mol. The molecule has 3 aliphatic rings. The second-order valence-corrected chi connectivity index (χ2v) is 8.47. The van der Waals surface area contributed by atoms with Gasteiger partial charge < -0.3 is 23.8 Å². The molecule has 2 aromatic rings. The fraction of sp³-hybridized carbons (Fsp3) is 0.458. The second kappa shape index (κ2) is 8.12. The first-order valence-electron chi connectivity index (χ1n) is 10.5. The molecule has 30 heavy (non-hydrogen) atoms. The summed E-state index contributed by atoms with van der Waals surface area (Å²) in [5.74, 6) is -0.693. The Balaban J connectivity index is 1.27. The highest BCUT2D eigenvalue weighted by Crippen LogP contribution is 2.45. The van der Waals surface area contributed by atoms with E-state index in [1.54, 1.807) is 0 Å². The summed E-state index contributed by atoms with van der Waals surface area (Å²) in [4.78, 5) is 5.76. The number of oxime groups is 1. The van der Waals surface area contributed by atoms with Gasteiger partial charge in [-0.1, -0.05) is 65.8 Å². The van der Waals surface area contributed by atoms with Gasteiger partial charge in [-0.15, -0.1) is 0 Å². The van der Waals surface area contributed by atoms with Gasteiger partial charge in [0.15, 0.2) is 11.9 Å². The van der Waals surface area contributed by atoms with E-state index in [4.69, 9.17) is 23.8 Å². The van der Waals surface area contributed by atoms with E-state index in [0.29, 0.717) is 19.8 Å². The Morgan fingerprint density at radius 3 is 2.20 bits per heavy atom. The lowest BCUT2D eigenvalue weighted by Crippen LogP contribution is -2.36. The van der Waals surface area contributed by atoms with Crippen molar-refractivity contribution in [2.75, 3.05) is 6.61 Å². The summed E-state index contributed by atoms with van der Waals surface area (Å²) in [7, 11) is 0. The van der Waals surface area contributed by atoms with Crippen LogP contribution in [0.2, 0.25) is 0 Å². The van der Waals surface area contributed by atoms with E-state index in [1.165, 1.54) is 0 Å². The summed E-state index contributed by atoms with van der Waals surface area (Å²) in [5.41, 5.74) is 3.11. The lowest BCUT2D eigenvalue weighted by atomic mass is 9.98. The smallest absolute Gasteiger partial charge is 0.163 e. The molecule has 1 aliphatic carbocycles. The van der Waals surface area contributed by atoms with E-state index >= 15 is 0 Å². The SMILES string of the molecule is CC1(C)O[C@@H]2[C@H](O1)[C@H](OCc1ccccc1)C1=NO[C@@H](COCc3ccccc3)[C@H]12. The lowest BCUT2D eigenvalue weighted by Gasteiger charge is -2.23. The first-order chi connectivity index (χ1) is 14.6. The molecule has 0 N–H and O–H groups in total. The third-order valence-corrected chi connectivity index (χ3v) is 5.81. The molecule has 158 valence electrons. The summed E-state index contributed by atoms with van der Waals surface area (Å²) in [6.07, 6.45) is -0.861. The molecular weight excluding hydrogens is 382 g/mol. The van der Waals surface area contributed by atoms with Crippen LogP contribution in [0.15, 0.2) is 65.8 Å². The van der Waals surface area contributed by atoms with Crippen molar-refractivity contribution in [1.82, 2.24) is 0 Å². The molecule has 5 rings (SSSR count). The van der Waals surface area contributed by atoms with Crippen LogP contribution in [0, 0.1) is 5.92 Å². The number of fused-ring (bicyclic) bond motifs is 3. The lowest BCUT2D eigenvalue weighted by molar-refractivity contribution is -0.162. The average Bonchev–Trinajstić information content (AvgIpc) is 3.37. The third kappa shape index (κ3) is 3.88. The number of hydrogen-bond donors (Lipinski definition) is 0. The molecule has 0 bridgehead atoms. The van der Waals surface area contributed by atoms with Gasteiger partial charge >= 0.3 is 0 Å². The van der Waals surface area contributed by atoms with Crippen molar-refractivity contribution >= 4 is 5.71 Å². The van der Waals surface area contributed by atoms with Crippen molar-refractivity contribution in [2.45, 2.75) is 57.3 Å². The van der Waals surface area contributed by atoms with Crippen molar-refractivity contribution in [3.63, 3.8) is 0 Å². The summed E-state index contributed by atoms with van der Waals surface area (Å²) < 4.78 is 24.7. The largest absolute Gasteiger partial charge is 0.389 e. The highest BCUT2D eigenvalue weighted by molar-refractivity contribution is 5.95. The molecule has 6 nitrogen and oxygen atoms in total. The number of benzene rings is 2. The van der Waals surface area contributed by atoms with Crippen molar-refractivity contribution in [2.24, 2.45) is 11.1 Å². The van der Waals surface area contributed by atoms with Crippen LogP contribution in [-0.2, 0) is 37.0 Å². The minimum Gasteiger partial charge on any atom is -0.389 e. The highest BCUT2D eigenvalue weighted by atomic mass is 16.8.